The molecule has 2 aromatic heterocycles. The van der Waals surface area contributed by atoms with Gasteiger partial charge >= 0.3 is 0 Å². The van der Waals surface area contributed by atoms with Crippen molar-refractivity contribution in [3.05, 3.63) is 102 Å². The van der Waals surface area contributed by atoms with Gasteiger partial charge in [0, 0.05) is 17.3 Å². The minimum Gasteiger partial charge on any atom is -0.317 e. The molecule has 0 bridgehead atoms. The zero-order valence-corrected chi connectivity index (χ0v) is 12.3. The van der Waals surface area contributed by atoms with Crippen LogP contribution in [0, 0.1) is 0 Å². The minimum absolute atomic E-state index is 0.955. The molecule has 106 valence electrons. The lowest BCUT2D eigenvalue weighted by atomic mass is 9.98. The van der Waals surface area contributed by atoms with Crippen LogP contribution in [-0.4, -0.2) is 4.40 Å². The molecule has 0 fully saturated rings. The number of aromatic nitrogens is 1. The van der Waals surface area contributed by atoms with Gasteiger partial charge in [-0.2, -0.15) is 0 Å². The Morgan fingerprint density at radius 2 is 1.41 bits per heavy atom. The number of hydrogen-bond acceptors (Lipinski definition) is 0. The fourth-order valence-electron chi connectivity index (χ4n) is 3.02. The highest BCUT2D eigenvalue weighted by Gasteiger charge is 2.09. The highest BCUT2D eigenvalue weighted by atomic mass is 14.9. The van der Waals surface area contributed by atoms with Gasteiger partial charge in [0.15, 0.2) is 0 Å². The lowest BCUT2D eigenvalue weighted by molar-refractivity contribution is 1.16. The number of hydrogen-bond donors (Lipinski definition) is 0. The average molecular weight is 283 g/mol. The van der Waals surface area contributed by atoms with Crippen molar-refractivity contribution in [1.82, 2.24) is 4.40 Å². The Hall–Kier alpha value is -2.80. The van der Waals surface area contributed by atoms with E-state index < -0.39 is 0 Å². The summed E-state index contributed by atoms with van der Waals surface area (Å²) < 4.78 is 2.25. The predicted molar refractivity (Wildman–Crippen MR) is 92.1 cm³/mol. The van der Waals surface area contributed by atoms with Crippen molar-refractivity contribution in [2.45, 2.75) is 6.42 Å². The Labute approximate surface area is 130 Å². The topological polar surface area (TPSA) is 4.41 Å². The van der Waals surface area contributed by atoms with Gasteiger partial charge in [0.25, 0.3) is 0 Å². The van der Waals surface area contributed by atoms with Crippen molar-refractivity contribution in [3.63, 3.8) is 0 Å². The van der Waals surface area contributed by atoms with Gasteiger partial charge in [-0.25, -0.2) is 0 Å². The number of fused-ring (bicyclic) bond motifs is 1. The molecule has 0 unspecified atom stereocenters. The molecule has 2 aromatic carbocycles. The van der Waals surface area contributed by atoms with Gasteiger partial charge < -0.3 is 4.40 Å². The zero-order valence-electron chi connectivity index (χ0n) is 12.3. The van der Waals surface area contributed by atoms with Gasteiger partial charge in [0.1, 0.15) is 0 Å². The molecule has 0 N–H and O–H groups in total. The lowest BCUT2D eigenvalue weighted by Gasteiger charge is -2.10. The lowest BCUT2D eigenvalue weighted by Crippen LogP contribution is -1.94. The van der Waals surface area contributed by atoms with Gasteiger partial charge in [-0.05, 0) is 41.8 Å². The molecule has 0 aliphatic carbocycles. The Balaban J connectivity index is 1.82. The largest absolute Gasteiger partial charge is 0.317 e. The van der Waals surface area contributed by atoms with E-state index in [4.69, 9.17) is 0 Å². The maximum absolute atomic E-state index is 2.25. The summed E-state index contributed by atoms with van der Waals surface area (Å²) in [5, 5.41) is 0. The van der Waals surface area contributed by atoms with E-state index >= 15 is 0 Å². The summed E-state index contributed by atoms with van der Waals surface area (Å²) in [6, 6.07) is 30.0. The number of pyridine rings is 1. The van der Waals surface area contributed by atoms with Crippen LogP contribution in [0.15, 0.2) is 91.1 Å². The first-order chi connectivity index (χ1) is 10.9. The van der Waals surface area contributed by atoms with E-state index in [1.54, 1.807) is 0 Å². The summed E-state index contributed by atoms with van der Waals surface area (Å²) in [6.07, 6.45) is 3.08. The highest BCUT2D eigenvalue weighted by Crippen LogP contribution is 2.27. The Bertz CT molecular complexity index is 903. The maximum atomic E-state index is 2.25. The second-order valence-electron chi connectivity index (χ2n) is 5.53. The summed E-state index contributed by atoms with van der Waals surface area (Å²) in [6.45, 7) is 0. The summed E-state index contributed by atoms with van der Waals surface area (Å²) in [5.41, 5.74) is 6.49. The summed E-state index contributed by atoms with van der Waals surface area (Å²) >= 11 is 0. The monoisotopic (exact) mass is 283 g/mol. The smallest absolute Gasteiger partial charge is 0.0531 e. The van der Waals surface area contributed by atoms with E-state index in [1.807, 2.05) is 0 Å². The molecular formula is C21H17N. The van der Waals surface area contributed by atoms with Crippen LogP contribution in [0.25, 0.3) is 16.8 Å². The second kappa shape index (κ2) is 5.53. The van der Waals surface area contributed by atoms with E-state index in [0.29, 0.717) is 0 Å². The molecule has 0 aliphatic heterocycles. The Kier molecular flexibility index (Phi) is 3.24. The number of rotatable bonds is 3. The second-order valence-corrected chi connectivity index (χ2v) is 5.53. The van der Waals surface area contributed by atoms with Crippen LogP contribution in [0.2, 0.25) is 0 Å². The van der Waals surface area contributed by atoms with E-state index in [9.17, 15) is 0 Å². The van der Waals surface area contributed by atoms with Gasteiger partial charge in [-0.15, -0.1) is 0 Å². The molecular weight excluding hydrogens is 266 g/mol. The van der Waals surface area contributed by atoms with Crippen LogP contribution in [0.5, 0.6) is 0 Å². The van der Waals surface area contributed by atoms with Gasteiger partial charge in [0.05, 0.1) is 5.69 Å². The van der Waals surface area contributed by atoms with Crippen LogP contribution in [0.3, 0.4) is 0 Å². The highest BCUT2D eigenvalue weighted by molar-refractivity contribution is 5.70. The van der Waals surface area contributed by atoms with E-state index in [1.165, 1.54) is 27.9 Å². The predicted octanol–water partition coefficient (Wildman–Crippen LogP) is 5.20. The van der Waals surface area contributed by atoms with Crippen molar-refractivity contribution in [2.75, 3.05) is 0 Å². The number of nitrogens with zero attached hydrogens (tertiary/aromatic N) is 1. The van der Waals surface area contributed by atoms with E-state index in [0.717, 1.165) is 6.42 Å². The Morgan fingerprint density at radius 1 is 0.636 bits per heavy atom. The minimum atomic E-state index is 0.955. The molecule has 0 atom stereocenters. The summed E-state index contributed by atoms with van der Waals surface area (Å²) in [7, 11) is 0. The molecule has 22 heavy (non-hydrogen) atoms. The first kappa shape index (κ1) is 12.9. The molecule has 1 heteroatoms. The third-order valence-electron chi connectivity index (χ3n) is 4.09. The third-order valence-corrected chi connectivity index (χ3v) is 4.09. The molecule has 0 spiro atoms. The van der Waals surface area contributed by atoms with Crippen molar-refractivity contribution < 1.29 is 0 Å². The van der Waals surface area contributed by atoms with Gasteiger partial charge in [0.2, 0.25) is 0 Å². The molecule has 0 amide bonds. The van der Waals surface area contributed by atoms with Crippen LogP contribution < -0.4 is 0 Å². The fourth-order valence-corrected chi connectivity index (χ4v) is 3.02. The molecule has 4 aromatic rings. The SMILES string of the molecule is c1ccc(Cc2ccccc2-c2ccc3ccccn23)cc1. The van der Waals surface area contributed by atoms with Crippen molar-refractivity contribution in [3.8, 4) is 11.3 Å². The zero-order chi connectivity index (χ0) is 14.8. The van der Waals surface area contributed by atoms with E-state index in [2.05, 4.69) is 95.5 Å². The first-order valence-electron chi connectivity index (χ1n) is 7.60. The van der Waals surface area contributed by atoms with Crippen LogP contribution in [0.4, 0.5) is 0 Å². The van der Waals surface area contributed by atoms with Crippen LogP contribution >= 0.6 is 0 Å². The van der Waals surface area contributed by atoms with Crippen LogP contribution in [0.1, 0.15) is 11.1 Å². The summed E-state index contributed by atoms with van der Waals surface area (Å²) in [4.78, 5) is 0. The first-order valence-corrected chi connectivity index (χ1v) is 7.60. The quantitative estimate of drug-likeness (QED) is 0.487. The summed E-state index contributed by atoms with van der Waals surface area (Å²) in [5.74, 6) is 0. The number of benzene rings is 2. The molecule has 4 rings (SSSR count). The normalized spacial score (nSPS) is 10.9. The maximum Gasteiger partial charge on any atom is 0.0531 e. The molecule has 2 heterocycles. The average Bonchev–Trinajstić information content (AvgIpc) is 3.00. The molecule has 1 nitrogen and oxygen atoms in total. The standard InChI is InChI=1S/C21H17N/c1-2-8-17(9-3-1)16-18-10-4-5-12-20(18)21-14-13-19-11-6-7-15-22(19)21/h1-15H,16H2. The third kappa shape index (κ3) is 2.31. The van der Waals surface area contributed by atoms with Crippen LogP contribution in [-0.2, 0) is 6.42 Å². The van der Waals surface area contributed by atoms with Crippen molar-refractivity contribution >= 4 is 5.52 Å². The van der Waals surface area contributed by atoms with Gasteiger partial charge in [-0.3, -0.25) is 0 Å². The van der Waals surface area contributed by atoms with Gasteiger partial charge in [-0.1, -0.05) is 60.7 Å². The molecule has 0 saturated heterocycles. The molecule has 0 radical (unpaired) electrons. The van der Waals surface area contributed by atoms with Crippen molar-refractivity contribution in [1.29, 1.82) is 0 Å². The molecule has 0 saturated carbocycles. The Morgan fingerprint density at radius 3 is 2.32 bits per heavy atom. The van der Waals surface area contributed by atoms with E-state index in [-0.39, 0.29) is 0 Å². The fraction of sp³-hybridized carbons (Fsp3) is 0.0476. The molecule has 0 aliphatic rings. The van der Waals surface area contributed by atoms with Crippen molar-refractivity contribution in [2.24, 2.45) is 0 Å².